The van der Waals surface area contributed by atoms with Crippen LogP contribution in [0.1, 0.15) is 38.3 Å². The predicted molar refractivity (Wildman–Crippen MR) is 140 cm³/mol. The number of benzene rings is 1. The van der Waals surface area contributed by atoms with Crippen molar-refractivity contribution in [3.63, 3.8) is 0 Å². The Labute approximate surface area is 220 Å². The summed E-state index contributed by atoms with van der Waals surface area (Å²) in [5.41, 5.74) is -0.127. The smallest absolute Gasteiger partial charge is 0.292 e. The molecule has 0 aromatic heterocycles. The van der Waals surface area contributed by atoms with Gasteiger partial charge >= 0.3 is 15.6 Å². The Kier molecular flexibility index (Phi) is 9.02. The molecule has 0 bridgehead atoms. The molecule has 0 spiro atoms. The third-order valence-corrected chi connectivity index (χ3v) is 8.34. The predicted octanol–water partition coefficient (Wildman–Crippen LogP) is 3.02. The molecule has 1 heterocycles. The van der Waals surface area contributed by atoms with Crippen LogP contribution in [0.5, 0.6) is 0 Å². The summed E-state index contributed by atoms with van der Waals surface area (Å²) in [5.74, 6) is 0.265. The first-order valence-electron chi connectivity index (χ1n) is 11.4. The molecule has 1 aliphatic heterocycles. The fourth-order valence-electron chi connectivity index (χ4n) is 4.42. The molecule has 0 saturated carbocycles. The van der Waals surface area contributed by atoms with Crippen LogP contribution in [0, 0.1) is 11.8 Å². The third-order valence-electron chi connectivity index (χ3n) is 5.82. The maximum Gasteiger partial charge on any atom is 0.545 e. The van der Waals surface area contributed by atoms with Crippen LogP contribution >= 0.6 is 15.6 Å². The van der Waals surface area contributed by atoms with Crippen molar-refractivity contribution in [1.82, 2.24) is 4.31 Å². The zero-order valence-electron chi connectivity index (χ0n) is 20.8. The molecule has 38 heavy (non-hydrogen) atoms. The number of rotatable bonds is 7. The summed E-state index contributed by atoms with van der Waals surface area (Å²) in [7, 11) is -14.2. The molecule has 2 atom stereocenters. The summed E-state index contributed by atoms with van der Waals surface area (Å²) in [4.78, 5) is 36.7. The molecule has 1 aromatic carbocycles. The minimum absolute atomic E-state index is 0.0695. The monoisotopic (exact) mass is 589 g/mol. The van der Waals surface area contributed by atoms with Crippen LogP contribution < -0.4 is 0 Å². The van der Waals surface area contributed by atoms with Crippen LogP contribution in [0.3, 0.4) is 0 Å². The summed E-state index contributed by atoms with van der Waals surface area (Å²) in [6, 6.07) is 6.08. The summed E-state index contributed by atoms with van der Waals surface area (Å²) >= 11 is 0. The molecule has 13 nitrogen and oxygen atoms in total. The second kappa shape index (κ2) is 11.4. The van der Waals surface area contributed by atoms with Crippen molar-refractivity contribution in [3.8, 4) is 0 Å². The normalized spacial score (nSPS) is 25.1. The van der Waals surface area contributed by atoms with Crippen LogP contribution in [0.25, 0.3) is 0 Å². The number of fused-ring (bicyclic) bond motifs is 1. The Balaban J connectivity index is 2.23. The topological polar surface area (TPSA) is 196 Å². The summed E-state index contributed by atoms with van der Waals surface area (Å²) < 4.78 is 60.1. The average Bonchev–Trinajstić information content (AvgIpc) is 2.79. The van der Waals surface area contributed by atoms with E-state index in [0.717, 1.165) is 6.42 Å². The largest absolute Gasteiger partial charge is 0.545 e. The van der Waals surface area contributed by atoms with Gasteiger partial charge in [-0.15, -0.1) is 0 Å². The SMILES string of the molecule is C=C1C(=C\C(=C/C)S(=O)(=O)N2CC(C)CC(C)C2)/C(=N/OP(=O)(O)O)c2ccccc2/C1=N/OP(=O)(O)O. The highest BCUT2D eigenvalue weighted by Crippen LogP contribution is 2.40. The van der Waals surface area contributed by atoms with Gasteiger partial charge < -0.3 is 0 Å². The van der Waals surface area contributed by atoms with Crippen molar-refractivity contribution in [3.05, 3.63) is 70.2 Å². The van der Waals surface area contributed by atoms with Crippen LogP contribution in [0.15, 0.2) is 69.4 Å². The lowest BCUT2D eigenvalue weighted by molar-refractivity contribution is 0.203. The van der Waals surface area contributed by atoms with Crippen LogP contribution in [-0.4, -0.2) is 56.8 Å². The van der Waals surface area contributed by atoms with Gasteiger partial charge in [0.25, 0.3) is 0 Å². The molecule has 1 aliphatic carbocycles. The standard InChI is InChI=1S/C22H29N3O10P2S/c1-5-17(38(32,33)25-12-14(2)10-15(3)13-25)11-20-16(4)21(23-34-36(26,27)28)18-8-6-7-9-19(18)22(20)24-35-37(29,30)31/h5-9,11,14-15H,4,10,12-13H2,1-3H3,(H2,26,27,28)(H2,29,30,31)/b17-5+,20-11+,23-21+,24-22+. The Morgan fingerprint density at radius 2 is 1.47 bits per heavy atom. The first kappa shape index (κ1) is 30.1. The Morgan fingerprint density at radius 3 is 1.95 bits per heavy atom. The molecule has 4 N–H and O–H groups in total. The molecule has 3 rings (SSSR count). The molecule has 16 heteroatoms. The van der Waals surface area contributed by atoms with Crippen LogP contribution in [0.2, 0.25) is 0 Å². The van der Waals surface area contributed by atoms with Crippen molar-refractivity contribution in [2.24, 2.45) is 22.1 Å². The van der Waals surface area contributed by atoms with Crippen molar-refractivity contribution >= 4 is 37.1 Å². The van der Waals surface area contributed by atoms with Crippen molar-refractivity contribution in [2.75, 3.05) is 13.1 Å². The quantitative estimate of drug-likeness (QED) is 0.271. The van der Waals surface area contributed by atoms with Crippen molar-refractivity contribution < 1.29 is 46.4 Å². The lowest BCUT2D eigenvalue weighted by atomic mass is 9.81. The van der Waals surface area contributed by atoms with Gasteiger partial charge in [0.05, 0.1) is 4.91 Å². The number of hydrogen-bond acceptors (Lipinski definition) is 8. The molecular formula is C22H29N3O10P2S. The van der Waals surface area contributed by atoms with Crippen LogP contribution in [-0.2, 0) is 28.4 Å². The fraction of sp³-hybridized carbons (Fsp3) is 0.364. The molecule has 208 valence electrons. The number of hydrogen-bond donors (Lipinski definition) is 4. The van der Waals surface area contributed by atoms with Gasteiger partial charge in [-0.05, 0) is 31.3 Å². The first-order valence-corrected chi connectivity index (χ1v) is 15.9. The summed E-state index contributed by atoms with van der Waals surface area (Å²) in [5, 5.41) is 7.18. The van der Waals surface area contributed by atoms with Gasteiger partial charge in [-0.3, -0.25) is 28.8 Å². The third kappa shape index (κ3) is 7.16. The zero-order chi connectivity index (χ0) is 28.5. The molecule has 0 amide bonds. The van der Waals surface area contributed by atoms with Gasteiger partial charge in [-0.2, -0.15) is 4.31 Å². The molecule has 1 fully saturated rings. The van der Waals surface area contributed by atoms with Gasteiger partial charge in [0.2, 0.25) is 10.0 Å². The van der Waals surface area contributed by atoms with E-state index in [2.05, 4.69) is 26.1 Å². The van der Waals surface area contributed by atoms with E-state index in [1.807, 2.05) is 13.8 Å². The molecule has 2 aliphatic rings. The highest BCUT2D eigenvalue weighted by Gasteiger charge is 2.35. The number of sulfonamides is 1. The average molecular weight is 590 g/mol. The molecule has 2 unspecified atom stereocenters. The van der Waals surface area contributed by atoms with Crippen LogP contribution in [0.4, 0.5) is 0 Å². The summed E-state index contributed by atoms with van der Waals surface area (Å²) in [6.45, 7) is 9.92. The minimum Gasteiger partial charge on any atom is -0.292 e. The number of oxime groups is 2. The van der Waals surface area contributed by atoms with E-state index in [1.54, 1.807) is 12.1 Å². The first-order chi connectivity index (χ1) is 17.5. The highest BCUT2D eigenvalue weighted by molar-refractivity contribution is 7.93. The number of phosphoric acid groups is 2. The van der Waals surface area contributed by atoms with E-state index >= 15 is 0 Å². The second-order valence-electron chi connectivity index (χ2n) is 9.07. The lowest BCUT2D eigenvalue weighted by Gasteiger charge is -2.34. The molecule has 1 aromatic rings. The Hall–Kier alpha value is -2.41. The van der Waals surface area contributed by atoms with E-state index in [4.69, 9.17) is 9.79 Å². The van der Waals surface area contributed by atoms with E-state index in [1.165, 1.54) is 35.5 Å². The van der Waals surface area contributed by atoms with E-state index in [9.17, 15) is 27.3 Å². The molecular weight excluding hydrogens is 560 g/mol. The van der Waals surface area contributed by atoms with Gasteiger partial charge in [0.1, 0.15) is 11.4 Å². The highest BCUT2D eigenvalue weighted by atomic mass is 32.2. The van der Waals surface area contributed by atoms with Gasteiger partial charge in [-0.25, -0.2) is 17.5 Å². The van der Waals surface area contributed by atoms with E-state index in [0.29, 0.717) is 13.1 Å². The number of allylic oxidation sites excluding steroid dienone is 4. The lowest BCUT2D eigenvalue weighted by Crippen LogP contribution is -2.42. The van der Waals surface area contributed by atoms with Crippen molar-refractivity contribution in [1.29, 1.82) is 0 Å². The Morgan fingerprint density at radius 1 is 1.00 bits per heavy atom. The molecule has 0 radical (unpaired) electrons. The van der Waals surface area contributed by atoms with E-state index in [-0.39, 0.29) is 50.4 Å². The Bertz CT molecular complexity index is 1430. The zero-order valence-corrected chi connectivity index (χ0v) is 23.4. The maximum absolute atomic E-state index is 13.6. The molecule has 1 saturated heterocycles. The fourth-order valence-corrected chi connectivity index (χ4v) is 6.56. The van der Waals surface area contributed by atoms with Crippen molar-refractivity contribution in [2.45, 2.75) is 27.2 Å². The van der Waals surface area contributed by atoms with Gasteiger partial charge in [0.15, 0.2) is 0 Å². The number of nitrogens with zero attached hydrogens (tertiary/aromatic N) is 3. The van der Waals surface area contributed by atoms with Gasteiger partial charge in [0, 0.05) is 35.4 Å². The summed E-state index contributed by atoms with van der Waals surface area (Å²) in [6.07, 6.45) is 3.43. The van der Waals surface area contributed by atoms with Gasteiger partial charge in [-0.1, -0.05) is 61.1 Å². The number of piperidine rings is 1. The maximum atomic E-state index is 13.6. The minimum atomic E-state index is -5.09. The second-order valence-corrected chi connectivity index (χ2v) is 13.3. The van der Waals surface area contributed by atoms with E-state index < -0.39 is 25.7 Å².